The average molecular weight is 314 g/mol. The van der Waals surface area contributed by atoms with Gasteiger partial charge in [-0.25, -0.2) is 0 Å². The van der Waals surface area contributed by atoms with Gasteiger partial charge in [-0.1, -0.05) is 36.4 Å². The Morgan fingerprint density at radius 3 is 2.65 bits per heavy atom. The summed E-state index contributed by atoms with van der Waals surface area (Å²) in [6, 6.07) is 14.9. The molecule has 1 aromatic heterocycles. The van der Waals surface area contributed by atoms with Crippen LogP contribution in [-0.2, 0) is 11.4 Å². The molecule has 23 heavy (non-hydrogen) atoms. The van der Waals surface area contributed by atoms with Crippen molar-refractivity contribution in [1.82, 2.24) is 21.0 Å². The molecule has 1 atom stereocenters. The summed E-state index contributed by atoms with van der Waals surface area (Å²) in [5.41, 5.74) is 8.00. The minimum atomic E-state index is -0.456. The van der Waals surface area contributed by atoms with Crippen LogP contribution in [0, 0.1) is 12.3 Å². The second kappa shape index (κ2) is 8.35. The van der Waals surface area contributed by atoms with Crippen molar-refractivity contribution in [2.24, 2.45) is 5.84 Å². The number of nitrogens with zero attached hydrogens (tertiary/aromatic N) is 2. The third-order valence-electron chi connectivity index (χ3n) is 3.33. The second-order valence-corrected chi connectivity index (χ2v) is 5.09. The van der Waals surface area contributed by atoms with Gasteiger partial charge in [-0.15, -0.1) is 0 Å². The Kier molecular flexibility index (Phi) is 6.19. The van der Waals surface area contributed by atoms with Gasteiger partial charge in [0.15, 0.2) is 0 Å². The molecule has 0 saturated carbocycles. The van der Waals surface area contributed by atoms with Crippen LogP contribution in [0.2, 0.25) is 0 Å². The number of nitrogens with one attached hydrogen (secondary N) is 3. The van der Waals surface area contributed by atoms with E-state index in [0.29, 0.717) is 6.61 Å². The van der Waals surface area contributed by atoms with Crippen molar-refractivity contribution in [3.63, 3.8) is 0 Å². The number of nitrogens with two attached hydrogens (primary N) is 1. The maximum Gasteiger partial charge on any atom is 0.136 e. The maximum absolute atomic E-state index is 8.23. The third kappa shape index (κ3) is 4.83. The number of aryl methyl sites for hydroxylation is 1. The average Bonchev–Trinajstić information content (AvgIpc) is 2.58. The molecule has 0 spiro atoms. The molecule has 2 rings (SSSR count). The summed E-state index contributed by atoms with van der Waals surface area (Å²) in [6.45, 7) is 2.24. The third-order valence-corrected chi connectivity index (χ3v) is 3.33. The van der Waals surface area contributed by atoms with E-state index in [-0.39, 0.29) is 5.84 Å². The van der Waals surface area contributed by atoms with Gasteiger partial charge in [0.2, 0.25) is 0 Å². The van der Waals surface area contributed by atoms with E-state index in [1.165, 1.54) is 5.01 Å². The Morgan fingerprint density at radius 2 is 2.00 bits per heavy atom. The van der Waals surface area contributed by atoms with Crippen LogP contribution in [0.4, 0.5) is 0 Å². The normalized spacial score (nSPS) is 12.0. The SMILES string of the molecule is Cc1cccc(CONC(C(=N)N(C)NN)c2ccccc2)n1. The number of hydrogen-bond acceptors (Lipinski definition) is 6. The van der Waals surface area contributed by atoms with Crippen LogP contribution in [0.25, 0.3) is 0 Å². The highest BCUT2D eigenvalue weighted by atomic mass is 16.6. The number of rotatable bonds is 7. The largest absolute Gasteiger partial charge is 0.294 e. The van der Waals surface area contributed by atoms with Gasteiger partial charge in [0.1, 0.15) is 18.5 Å². The highest BCUT2D eigenvalue weighted by molar-refractivity contribution is 5.85. The molecular weight excluding hydrogens is 292 g/mol. The number of amidine groups is 1. The number of hydrogen-bond donors (Lipinski definition) is 4. The maximum atomic E-state index is 8.23. The van der Waals surface area contributed by atoms with Crippen molar-refractivity contribution < 1.29 is 4.84 Å². The molecule has 0 saturated heterocycles. The topological polar surface area (TPSA) is 99.3 Å². The van der Waals surface area contributed by atoms with Gasteiger partial charge >= 0.3 is 0 Å². The molecule has 5 N–H and O–H groups in total. The molecule has 7 heteroatoms. The molecule has 0 radical (unpaired) electrons. The van der Waals surface area contributed by atoms with E-state index in [4.69, 9.17) is 16.1 Å². The number of hydroxylamine groups is 1. The van der Waals surface area contributed by atoms with Crippen LogP contribution in [0.1, 0.15) is 23.0 Å². The molecule has 2 aromatic rings. The summed E-state index contributed by atoms with van der Waals surface area (Å²) in [5, 5.41) is 9.65. The van der Waals surface area contributed by atoms with Crippen LogP contribution >= 0.6 is 0 Å². The fraction of sp³-hybridized carbons (Fsp3) is 0.250. The number of likely N-dealkylation sites (N-methyl/N-ethyl adjacent to an activating group) is 1. The van der Waals surface area contributed by atoms with Gasteiger partial charge < -0.3 is 0 Å². The summed E-state index contributed by atoms with van der Waals surface area (Å²) in [5.74, 6) is 5.61. The van der Waals surface area contributed by atoms with Crippen molar-refractivity contribution in [3.05, 3.63) is 65.5 Å². The first-order chi connectivity index (χ1) is 11.1. The Labute approximate surface area is 135 Å². The lowest BCUT2D eigenvalue weighted by Crippen LogP contribution is -2.48. The molecular formula is C16H22N6O. The Bertz CT molecular complexity index is 633. The quantitative estimate of drug-likeness (QED) is 0.267. The molecule has 0 aliphatic carbocycles. The first-order valence-electron chi connectivity index (χ1n) is 7.25. The van der Waals surface area contributed by atoms with Gasteiger partial charge in [-0.2, -0.15) is 11.0 Å². The Morgan fingerprint density at radius 1 is 1.26 bits per heavy atom. The van der Waals surface area contributed by atoms with Gasteiger partial charge in [-0.05, 0) is 24.6 Å². The van der Waals surface area contributed by atoms with Crippen LogP contribution in [-0.4, -0.2) is 22.9 Å². The van der Waals surface area contributed by atoms with E-state index in [1.807, 2.05) is 55.5 Å². The first-order valence-corrected chi connectivity index (χ1v) is 7.25. The van der Waals surface area contributed by atoms with Gasteiger partial charge in [0.05, 0.1) is 5.69 Å². The molecule has 1 heterocycles. The van der Waals surface area contributed by atoms with Crippen molar-refractivity contribution in [2.75, 3.05) is 7.05 Å². The van der Waals surface area contributed by atoms with Gasteiger partial charge in [0, 0.05) is 12.7 Å². The van der Waals surface area contributed by atoms with E-state index in [2.05, 4.69) is 16.0 Å². The van der Waals surface area contributed by atoms with Gasteiger partial charge in [-0.3, -0.25) is 26.1 Å². The molecule has 0 fully saturated rings. The number of aromatic nitrogens is 1. The lowest BCUT2D eigenvalue weighted by molar-refractivity contribution is 0.0123. The zero-order valence-electron chi connectivity index (χ0n) is 13.3. The summed E-state index contributed by atoms with van der Waals surface area (Å²) >= 11 is 0. The summed E-state index contributed by atoms with van der Waals surface area (Å²) in [6.07, 6.45) is 0. The van der Waals surface area contributed by atoms with E-state index >= 15 is 0 Å². The molecule has 0 bridgehead atoms. The first kappa shape index (κ1) is 17.0. The Balaban J connectivity index is 2.04. The predicted molar refractivity (Wildman–Crippen MR) is 88.9 cm³/mol. The van der Waals surface area contributed by atoms with Crippen molar-refractivity contribution in [2.45, 2.75) is 19.6 Å². The standard InChI is InChI=1S/C16H22N6O/c1-12-7-6-10-14(19-12)11-23-20-15(16(17)22(2)21-18)13-8-4-3-5-9-13/h3-10,15,17,20-21H,11,18H2,1-2H3. The fourth-order valence-electron chi connectivity index (χ4n) is 2.07. The monoisotopic (exact) mass is 314 g/mol. The molecule has 1 aromatic carbocycles. The number of benzene rings is 1. The van der Waals surface area contributed by atoms with Crippen LogP contribution in [0.15, 0.2) is 48.5 Å². The summed E-state index contributed by atoms with van der Waals surface area (Å²) < 4.78 is 0. The molecule has 0 aliphatic heterocycles. The molecule has 122 valence electrons. The van der Waals surface area contributed by atoms with Crippen LogP contribution in [0.3, 0.4) is 0 Å². The van der Waals surface area contributed by atoms with Crippen LogP contribution in [0.5, 0.6) is 0 Å². The highest BCUT2D eigenvalue weighted by Crippen LogP contribution is 2.15. The smallest absolute Gasteiger partial charge is 0.136 e. The number of pyridine rings is 1. The van der Waals surface area contributed by atoms with Crippen molar-refractivity contribution >= 4 is 5.84 Å². The molecule has 0 aliphatic rings. The Hall–Kier alpha value is -2.32. The molecule has 0 amide bonds. The fourth-order valence-corrected chi connectivity index (χ4v) is 2.07. The van der Waals surface area contributed by atoms with Crippen molar-refractivity contribution in [1.29, 1.82) is 5.41 Å². The van der Waals surface area contributed by atoms with E-state index in [9.17, 15) is 0 Å². The van der Waals surface area contributed by atoms with Gasteiger partial charge in [0.25, 0.3) is 0 Å². The lowest BCUT2D eigenvalue weighted by Gasteiger charge is -2.26. The summed E-state index contributed by atoms with van der Waals surface area (Å²) in [7, 11) is 1.67. The zero-order chi connectivity index (χ0) is 16.7. The second-order valence-electron chi connectivity index (χ2n) is 5.09. The minimum Gasteiger partial charge on any atom is -0.294 e. The van der Waals surface area contributed by atoms with E-state index in [1.54, 1.807) is 7.05 Å². The van der Waals surface area contributed by atoms with E-state index in [0.717, 1.165) is 17.0 Å². The minimum absolute atomic E-state index is 0.232. The van der Waals surface area contributed by atoms with E-state index < -0.39 is 6.04 Å². The highest BCUT2D eigenvalue weighted by Gasteiger charge is 2.20. The number of hydrazine groups is 2. The van der Waals surface area contributed by atoms with Crippen LogP contribution < -0.4 is 16.9 Å². The van der Waals surface area contributed by atoms with Crippen molar-refractivity contribution in [3.8, 4) is 0 Å². The summed E-state index contributed by atoms with van der Waals surface area (Å²) in [4.78, 5) is 9.94. The molecule has 7 nitrogen and oxygen atoms in total. The lowest BCUT2D eigenvalue weighted by atomic mass is 10.1. The molecule has 1 unspecified atom stereocenters. The predicted octanol–water partition coefficient (Wildman–Crippen LogP) is 1.44. The zero-order valence-corrected chi connectivity index (χ0v) is 13.3.